The lowest BCUT2D eigenvalue weighted by molar-refractivity contribution is 1.02. The van der Waals surface area contributed by atoms with E-state index < -0.39 is 0 Å². The monoisotopic (exact) mass is 314 g/mol. The third kappa shape index (κ3) is 3.59. The van der Waals surface area contributed by atoms with Crippen LogP contribution in [0.1, 0.15) is 16.7 Å². The van der Waals surface area contributed by atoms with Gasteiger partial charge in [-0.05, 0) is 47.0 Å². The van der Waals surface area contributed by atoms with Gasteiger partial charge >= 0.3 is 0 Å². The molecule has 96 valence electrons. The van der Waals surface area contributed by atoms with Gasteiger partial charge in [0.15, 0.2) is 0 Å². The quantitative estimate of drug-likeness (QED) is 0.914. The molecule has 2 nitrogen and oxygen atoms in total. The molecular formula is C16H15BrN2. The first-order chi connectivity index (χ1) is 9.20. The fraction of sp³-hybridized carbons (Fsp3) is 0.188. The molecule has 2 aromatic rings. The maximum Gasteiger partial charge on any atom is 0.103 e. The number of hydrogen-bond donors (Lipinski definition) is 1. The second-order valence-electron chi connectivity index (χ2n) is 4.44. The van der Waals surface area contributed by atoms with Crippen molar-refractivity contribution in [3.8, 4) is 6.07 Å². The van der Waals surface area contributed by atoms with Gasteiger partial charge in [0.25, 0.3) is 0 Å². The van der Waals surface area contributed by atoms with Gasteiger partial charge in [-0.1, -0.05) is 35.9 Å². The van der Waals surface area contributed by atoms with Crippen LogP contribution in [0.25, 0.3) is 0 Å². The predicted octanol–water partition coefficient (Wildman–Crippen LogP) is 4.28. The van der Waals surface area contributed by atoms with Crippen molar-refractivity contribution in [2.75, 3.05) is 11.9 Å². The van der Waals surface area contributed by atoms with Crippen molar-refractivity contribution < 1.29 is 0 Å². The molecule has 0 aliphatic rings. The van der Waals surface area contributed by atoms with Crippen LogP contribution in [0.5, 0.6) is 0 Å². The third-order valence-corrected chi connectivity index (χ3v) is 3.60. The Bertz CT molecular complexity index is 614. The summed E-state index contributed by atoms with van der Waals surface area (Å²) in [7, 11) is 0. The van der Waals surface area contributed by atoms with Gasteiger partial charge in [-0.15, -0.1) is 0 Å². The van der Waals surface area contributed by atoms with Crippen molar-refractivity contribution >= 4 is 21.6 Å². The number of nitrogens with one attached hydrogen (secondary N) is 1. The Balaban J connectivity index is 2.00. The summed E-state index contributed by atoms with van der Waals surface area (Å²) in [6.07, 6.45) is 0.944. The van der Waals surface area contributed by atoms with Crippen LogP contribution in [0, 0.1) is 18.3 Å². The molecule has 0 spiro atoms. The Kier molecular flexibility index (Phi) is 4.59. The Hall–Kier alpha value is -1.79. The van der Waals surface area contributed by atoms with Crippen LogP contribution in [0.4, 0.5) is 5.69 Å². The summed E-state index contributed by atoms with van der Waals surface area (Å²) in [6, 6.07) is 16.4. The second kappa shape index (κ2) is 6.40. The normalized spacial score (nSPS) is 9.95. The molecule has 0 aromatic heterocycles. The van der Waals surface area contributed by atoms with Crippen molar-refractivity contribution in [2.45, 2.75) is 13.3 Å². The van der Waals surface area contributed by atoms with Gasteiger partial charge in [-0.25, -0.2) is 0 Å². The van der Waals surface area contributed by atoms with E-state index in [4.69, 9.17) is 5.26 Å². The largest absolute Gasteiger partial charge is 0.384 e. The predicted molar refractivity (Wildman–Crippen MR) is 82.2 cm³/mol. The number of aryl methyl sites for hydroxylation is 1. The van der Waals surface area contributed by atoms with Crippen LogP contribution in [-0.4, -0.2) is 6.54 Å². The van der Waals surface area contributed by atoms with Crippen LogP contribution in [0.2, 0.25) is 0 Å². The minimum Gasteiger partial charge on any atom is -0.384 e. The molecule has 0 aliphatic carbocycles. The molecule has 1 N–H and O–H groups in total. The minimum absolute atomic E-state index is 0.659. The first-order valence-electron chi connectivity index (χ1n) is 6.19. The third-order valence-electron chi connectivity index (χ3n) is 2.94. The number of benzene rings is 2. The summed E-state index contributed by atoms with van der Waals surface area (Å²) < 4.78 is 0.829. The van der Waals surface area contributed by atoms with E-state index >= 15 is 0 Å². The summed E-state index contributed by atoms with van der Waals surface area (Å²) >= 11 is 3.39. The summed E-state index contributed by atoms with van der Waals surface area (Å²) in [5.41, 5.74) is 4.12. The molecule has 0 amide bonds. The lowest BCUT2D eigenvalue weighted by Gasteiger charge is -2.09. The van der Waals surface area contributed by atoms with Crippen molar-refractivity contribution in [3.05, 3.63) is 63.6 Å². The van der Waals surface area contributed by atoms with E-state index in [-0.39, 0.29) is 0 Å². The zero-order valence-corrected chi connectivity index (χ0v) is 12.4. The van der Waals surface area contributed by atoms with Gasteiger partial charge in [-0.2, -0.15) is 5.26 Å². The number of hydrogen-bond acceptors (Lipinski definition) is 2. The standard InChI is InChI=1S/C16H15BrN2/c1-12-4-2-5-13(10-12)8-9-19-16-7-3-6-15(17)14(16)11-18/h2-7,10,19H,8-9H2,1H3. The molecule has 0 fully saturated rings. The van der Waals surface area contributed by atoms with Gasteiger partial charge in [0.1, 0.15) is 6.07 Å². The van der Waals surface area contributed by atoms with Gasteiger partial charge in [-0.3, -0.25) is 0 Å². The SMILES string of the molecule is Cc1cccc(CCNc2cccc(Br)c2C#N)c1. The molecule has 0 radical (unpaired) electrons. The lowest BCUT2D eigenvalue weighted by Crippen LogP contribution is -2.06. The molecule has 0 atom stereocenters. The number of rotatable bonds is 4. The van der Waals surface area contributed by atoms with Crippen LogP contribution >= 0.6 is 15.9 Å². The zero-order chi connectivity index (χ0) is 13.7. The molecule has 0 heterocycles. The number of halogens is 1. The lowest BCUT2D eigenvalue weighted by atomic mass is 10.1. The topological polar surface area (TPSA) is 35.8 Å². The van der Waals surface area contributed by atoms with Gasteiger partial charge in [0.2, 0.25) is 0 Å². The molecule has 3 heteroatoms. The highest BCUT2D eigenvalue weighted by molar-refractivity contribution is 9.10. The van der Waals surface area contributed by atoms with Gasteiger partial charge < -0.3 is 5.32 Å². The fourth-order valence-corrected chi connectivity index (χ4v) is 2.45. The molecule has 19 heavy (non-hydrogen) atoms. The van der Waals surface area contributed by atoms with Crippen LogP contribution in [0.15, 0.2) is 46.9 Å². The fourth-order valence-electron chi connectivity index (χ4n) is 1.99. The van der Waals surface area contributed by atoms with Crippen molar-refractivity contribution in [3.63, 3.8) is 0 Å². The Morgan fingerprint density at radius 1 is 1.21 bits per heavy atom. The summed E-state index contributed by atoms with van der Waals surface area (Å²) in [5.74, 6) is 0. The molecule has 0 unspecified atom stereocenters. The Morgan fingerprint density at radius 3 is 2.74 bits per heavy atom. The first-order valence-corrected chi connectivity index (χ1v) is 6.98. The van der Waals surface area contributed by atoms with Crippen molar-refractivity contribution in [1.82, 2.24) is 0 Å². The average Bonchev–Trinajstić information content (AvgIpc) is 2.39. The van der Waals surface area contributed by atoms with E-state index in [0.29, 0.717) is 5.56 Å². The summed E-state index contributed by atoms with van der Waals surface area (Å²) in [5, 5.41) is 12.5. The van der Waals surface area contributed by atoms with E-state index in [9.17, 15) is 0 Å². The van der Waals surface area contributed by atoms with Crippen LogP contribution < -0.4 is 5.32 Å². The molecule has 0 saturated heterocycles. The highest BCUT2D eigenvalue weighted by Gasteiger charge is 2.04. The van der Waals surface area contributed by atoms with Crippen molar-refractivity contribution in [1.29, 1.82) is 5.26 Å². The smallest absolute Gasteiger partial charge is 0.103 e. The Morgan fingerprint density at radius 2 is 2.00 bits per heavy atom. The number of nitrogens with zero attached hydrogens (tertiary/aromatic N) is 1. The number of anilines is 1. The number of nitriles is 1. The van der Waals surface area contributed by atoms with E-state index in [1.54, 1.807) is 0 Å². The van der Waals surface area contributed by atoms with Crippen LogP contribution in [0.3, 0.4) is 0 Å². The molecule has 0 bridgehead atoms. The Labute approximate surface area is 122 Å². The second-order valence-corrected chi connectivity index (χ2v) is 5.29. The van der Waals surface area contributed by atoms with Gasteiger partial charge in [0, 0.05) is 11.0 Å². The van der Waals surface area contributed by atoms with Crippen molar-refractivity contribution in [2.24, 2.45) is 0 Å². The van der Waals surface area contributed by atoms with E-state index in [2.05, 4.69) is 58.5 Å². The zero-order valence-electron chi connectivity index (χ0n) is 10.8. The van der Waals surface area contributed by atoms with Gasteiger partial charge in [0.05, 0.1) is 11.3 Å². The molecular weight excluding hydrogens is 300 g/mol. The first kappa shape index (κ1) is 13.6. The average molecular weight is 315 g/mol. The highest BCUT2D eigenvalue weighted by Crippen LogP contribution is 2.23. The minimum atomic E-state index is 0.659. The molecule has 2 aromatic carbocycles. The van der Waals surface area contributed by atoms with E-state index in [1.807, 2.05) is 18.2 Å². The summed E-state index contributed by atoms with van der Waals surface area (Å²) in [4.78, 5) is 0. The maximum atomic E-state index is 9.13. The van der Waals surface area contributed by atoms with E-state index in [0.717, 1.165) is 23.1 Å². The highest BCUT2D eigenvalue weighted by atomic mass is 79.9. The van der Waals surface area contributed by atoms with Crippen LogP contribution in [-0.2, 0) is 6.42 Å². The molecule has 0 saturated carbocycles. The molecule has 0 aliphatic heterocycles. The maximum absolute atomic E-state index is 9.13. The summed E-state index contributed by atoms with van der Waals surface area (Å²) in [6.45, 7) is 2.91. The molecule has 2 rings (SSSR count). The van der Waals surface area contributed by atoms with E-state index in [1.165, 1.54) is 11.1 Å².